The van der Waals surface area contributed by atoms with Gasteiger partial charge in [-0.15, -0.1) is 35.3 Å². The molecule has 1 aliphatic heterocycles. The first-order valence-corrected chi connectivity index (χ1v) is 11.7. The van der Waals surface area contributed by atoms with Crippen molar-refractivity contribution in [1.82, 2.24) is 15.5 Å². The van der Waals surface area contributed by atoms with Gasteiger partial charge >= 0.3 is 0 Å². The van der Waals surface area contributed by atoms with Crippen molar-refractivity contribution in [3.8, 4) is 5.75 Å². The van der Waals surface area contributed by atoms with E-state index in [4.69, 9.17) is 9.47 Å². The van der Waals surface area contributed by atoms with E-state index in [2.05, 4.69) is 32.7 Å². The lowest BCUT2D eigenvalue weighted by Crippen LogP contribution is -2.46. The predicted octanol–water partition coefficient (Wildman–Crippen LogP) is 3.21. The van der Waals surface area contributed by atoms with Gasteiger partial charge in [0.15, 0.2) is 5.96 Å². The van der Waals surface area contributed by atoms with Gasteiger partial charge in [0.2, 0.25) is 0 Å². The van der Waals surface area contributed by atoms with Crippen LogP contribution in [0.15, 0.2) is 46.8 Å². The number of morpholine rings is 1. The zero-order chi connectivity index (χ0) is 22.1. The number of hydrogen-bond acceptors (Lipinski definition) is 6. The van der Waals surface area contributed by atoms with Crippen LogP contribution in [0.25, 0.3) is 0 Å². The number of nitrogens with one attached hydrogen (secondary N) is 2. The molecule has 1 fully saturated rings. The van der Waals surface area contributed by atoms with Gasteiger partial charge in [0.25, 0.3) is 0 Å². The van der Waals surface area contributed by atoms with E-state index in [-0.39, 0.29) is 36.6 Å². The van der Waals surface area contributed by atoms with Crippen molar-refractivity contribution in [1.29, 1.82) is 0 Å². The van der Waals surface area contributed by atoms with Crippen molar-refractivity contribution in [3.63, 3.8) is 0 Å². The maximum atomic E-state index is 10.8. The maximum Gasteiger partial charge on any atom is 0.191 e. The first-order valence-electron chi connectivity index (χ1n) is 10.8. The van der Waals surface area contributed by atoms with Crippen LogP contribution >= 0.6 is 35.3 Å². The number of halogens is 1. The van der Waals surface area contributed by atoms with E-state index < -0.39 is 5.60 Å². The van der Waals surface area contributed by atoms with E-state index >= 15 is 0 Å². The van der Waals surface area contributed by atoms with Gasteiger partial charge in [0.05, 0.1) is 32.9 Å². The Morgan fingerprint density at radius 3 is 2.56 bits per heavy atom. The van der Waals surface area contributed by atoms with Gasteiger partial charge in [-0.05, 0) is 43.0 Å². The molecule has 0 bridgehead atoms. The summed E-state index contributed by atoms with van der Waals surface area (Å²) >= 11 is 1.54. The molecule has 1 aromatic heterocycles. The highest BCUT2D eigenvalue weighted by atomic mass is 127. The number of nitrogens with zero attached hydrogens (tertiary/aromatic N) is 2. The molecule has 1 saturated heterocycles. The summed E-state index contributed by atoms with van der Waals surface area (Å²) in [5.74, 6) is 1.55. The second-order valence-corrected chi connectivity index (χ2v) is 8.71. The van der Waals surface area contributed by atoms with Gasteiger partial charge in [0.1, 0.15) is 11.4 Å². The topological polar surface area (TPSA) is 78.4 Å². The van der Waals surface area contributed by atoms with Gasteiger partial charge in [-0.1, -0.05) is 18.2 Å². The highest BCUT2D eigenvalue weighted by molar-refractivity contribution is 14.0. The van der Waals surface area contributed by atoms with E-state index in [9.17, 15) is 5.11 Å². The van der Waals surface area contributed by atoms with Gasteiger partial charge in [-0.2, -0.15) is 0 Å². The monoisotopic (exact) mass is 574 g/mol. The van der Waals surface area contributed by atoms with Crippen LogP contribution in [0, 0.1) is 0 Å². The molecule has 0 amide bonds. The Balaban J connectivity index is 0.00000363. The van der Waals surface area contributed by atoms with Crippen molar-refractivity contribution in [2.75, 3.05) is 53.0 Å². The van der Waals surface area contributed by atoms with Crippen LogP contribution in [0.3, 0.4) is 0 Å². The second kappa shape index (κ2) is 13.3. The molecule has 0 radical (unpaired) electrons. The van der Waals surface area contributed by atoms with Crippen LogP contribution in [0.2, 0.25) is 0 Å². The summed E-state index contributed by atoms with van der Waals surface area (Å²) in [6.07, 6.45) is 0. The first kappa shape index (κ1) is 26.8. The Morgan fingerprint density at radius 2 is 1.97 bits per heavy atom. The smallest absolute Gasteiger partial charge is 0.191 e. The fourth-order valence-corrected chi connectivity index (χ4v) is 4.38. The molecule has 32 heavy (non-hydrogen) atoms. The molecule has 2 unspecified atom stereocenters. The minimum Gasteiger partial charge on any atom is -0.497 e. The summed E-state index contributed by atoms with van der Waals surface area (Å²) in [5.41, 5.74) is 0.229. The van der Waals surface area contributed by atoms with Gasteiger partial charge in [-0.25, -0.2) is 4.99 Å². The average molecular weight is 575 g/mol. The van der Waals surface area contributed by atoms with Crippen LogP contribution in [0.5, 0.6) is 5.75 Å². The van der Waals surface area contributed by atoms with Gasteiger partial charge < -0.3 is 25.2 Å². The van der Waals surface area contributed by atoms with Crippen molar-refractivity contribution >= 4 is 41.3 Å². The Hall–Kier alpha value is -1.40. The molecule has 2 heterocycles. The number of rotatable bonds is 9. The third-order valence-electron chi connectivity index (χ3n) is 5.39. The largest absolute Gasteiger partial charge is 0.497 e. The van der Waals surface area contributed by atoms with Crippen LogP contribution in [0.1, 0.15) is 30.3 Å². The van der Waals surface area contributed by atoms with Crippen LogP contribution < -0.4 is 15.4 Å². The second-order valence-electron chi connectivity index (χ2n) is 7.76. The van der Waals surface area contributed by atoms with Crippen molar-refractivity contribution in [2.45, 2.75) is 25.5 Å². The Kier molecular flexibility index (Phi) is 11.2. The van der Waals surface area contributed by atoms with E-state index in [1.165, 1.54) is 5.56 Å². The van der Waals surface area contributed by atoms with Crippen LogP contribution in [0.4, 0.5) is 0 Å². The highest BCUT2D eigenvalue weighted by Crippen LogP contribution is 2.26. The number of thiophene rings is 1. The maximum absolute atomic E-state index is 10.8. The minimum absolute atomic E-state index is 0. The fourth-order valence-electron chi connectivity index (χ4n) is 3.60. The van der Waals surface area contributed by atoms with E-state index in [0.29, 0.717) is 12.5 Å². The Labute approximate surface area is 212 Å². The molecule has 2 aromatic rings. The zero-order valence-electron chi connectivity index (χ0n) is 19.0. The summed E-state index contributed by atoms with van der Waals surface area (Å²) in [6, 6.07) is 12.3. The first-order chi connectivity index (χ1) is 15.0. The molecule has 7 nitrogen and oxygen atoms in total. The lowest BCUT2D eigenvalue weighted by molar-refractivity contribution is 0.0169. The normalized spacial score (nSPS) is 17.7. The number of ether oxygens (including phenoxy) is 2. The number of benzene rings is 1. The average Bonchev–Trinajstić information content (AvgIpc) is 3.35. The molecule has 9 heteroatoms. The highest BCUT2D eigenvalue weighted by Gasteiger charge is 2.25. The SMILES string of the molecule is CCNC(=NCC(C)(O)c1cccs1)NCC(c1ccc(OC)cc1)N1CCOCC1.I. The standard InChI is InChI=1S/C23H34N4O3S.HI/c1-4-24-22(26-17-23(2,28)21-6-5-15-31-21)25-16-20(27-11-13-30-14-12-27)18-7-9-19(29-3)10-8-18;/h5-10,15,20,28H,4,11-14,16-17H2,1-3H3,(H2,24,25,26);1H. The molecule has 2 atom stereocenters. The quantitative estimate of drug-likeness (QED) is 0.243. The molecular weight excluding hydrogens is 539 g/mol. The Morgan fingerprint density at radius 1 is 1.25 bits per heavy atom. The van der Waals surface area contributed by atoms with Gasteiger partial charge in [0, 0.05) is 31.1 Å². The number of aliphatic imine (C=N–C) groups is 1. The minimum atomic E-state index is -0.990. The molecule has 0 spiro atoms. The Bertz CT molecular complexity index is 809. The lowest BCUT2D eigenvalue weighted by Gasteiger charge is -2.35. The van der Waals surface area contributed by atoms with Crippen LogP contribution in [-0.4, -0.2) is 69.0 Å². The summed E-state index contributed by atoms with van der Waals surface area (Å²) in [6.45, 7) is 8.83. The summed E-state index contributed by atoms with van der Waals surface area (Å²) in [7, 11) is 1.68. The molecule has 0 aliphatic carbocycles. The van der Waals surface area contributed by atoms with Crippen molar-refractivity contribution < 1.29 is 14.6 Å². The number of aliphatic hydroxyl groups is 1. The molecule has 1 aliphatic rings. The van der Waals surface area contributed by atoms with Crippen LogP contribution in [-0.2, 0) is 10.3 Å². The third kappa shape index (κ3) is 7.58. The zero-order valence-corrected chi connectivity index (χ0v) is 22.2. The number of hydrogen-bond donors (Lipinski definition) is 3. The summed E-state index contributed by atoms with van der Waals surface area (Å²) in [5, 5.41) is 19.6. The van der Waals surface area contributed by atoms with Gasteiger partial charge in [-0.3, -0.25) is 4.90 Å². The summed E-state index contributed by atoms with van der Waals surface area (Å²) in [4.78, 5) is 8.01. The lowest BCUT2D eigenvalue weighted by atomic mass is 10.0. The molecule has 1 aromatic carbocycles. The van der Waals surface area contributed by atoms with E-state index in [0.717, 1.165) is 43.5 Å². The molecule has 0 saturated carbocycles. The van der Waals surface area contributed by atoms with Crippen molar-refractivity contribution in [2.24, 2.45) is 4.99 Å². The number of guanidine groups is 1. The fraction of sp³-hybridized carbons (Fsp3) is 0.522. The molecule has 3 rings (SSSR count). The predicted molar refractivity (Wildman–Crippen MR) is 141 cm³/mol. The molecule has 3 N–H and O–H groups in total. The summed E-state index contributed by atoms with van der Waals surface area (Å²) < 4.78 is 10.9. The van der Waals surface area contributed by atoms with E-state index in [1.807, 2.05) is 36.6 Å². The van der Waals surface area contributed by atoms with E-state index in [1.54, 1.807) is 25.4 Å². The molecule has 178 valence electrons. The molecular formula is C23H35IN4O3S. The number of methoxy groups -OCH3 is 1. The third-order valence-corrected chi connectivity index (χ3v) is 6.51. The van der Waals surface area contributed by atoms with Crippen molar-refractivity contribution in [3.05, 3.63) is 52.2 Å².